The summed E-state index contributed by atoms with van der Waals surface area (Å²) in [5.41, 5.74) is 14.8. The van der Waals surface area contributed by atoms with Crippen LogP contribution in [-0.2, 0) is 0 Å². The van der Waals surface area contributed by atoms with Gasteiger partial charge in [0.1, 0.15) is 5.82 Å². The molecule has 0 aliphatic carbocycles. The maximum Gasteiger partial charge on any atom is 1.00 e. The Bertz CT molecular complexity index is 4140. The Balaban J connectivity index is 0.00000273. The number of aromatic nitrogens is 4. The number of fused-ring (bicyclic) bond motifs is 5. The van der Waals surface area contributed by atoms with Gasteiger partial charge < -0.3 is 10.2 Å². The summed E-state index contributed by atoms with van der Waals surface area (Å²) in [5, 5.41) is 33.6. The van der Waals surface area contributed by atoms with Gasteiger partial charge in [-0.3, -0.25) is 4.57 Å². The molecular weight excluding hydrogens is 859 g/mol. The molecule has 71 heavy (non-hydrogen) atoms. The predicted octanol–water partition coefficient (Wildman–Crippen LogP) is 7.42. The van der Waals surface area contributed by atoms with Crippen molar-refractivity contribution in [3.05, 3.63) is 231 Å². The molecule has 3 heterocycles. The van der Waals surface area contributed by atoms with Crippen LogP contribution in [0, 0.1) is 0 Å². The summed E-state index contributed by atoms with van der Waals surface area (Å²) in [6.45, 7) is 0. The number of rotatable bonds is 7. The molecule has 8 heteroatoms. The summed E-state index contributed by atoms with van der Waals surface area (Å²) in [4.78, 5) is 11.4. The van der Waals surface area contributed by atoms with E-state index in [-0.39, 0.29) is 49.2 Å². The maximum absolute atomic E-state index is 13.7. The molecule has 0 aliphatic rings. The van der Waals surface area contributed by atoms with Crippen LogP contribution in [0.5, 0.6) is 11.5 Å². The van der Waals surface area contributed by atoms with Crippen molar-refractivity contribution in [2.24, 2.45) is 0 Å². The van der Waals surface area contributed by atoms with E-state index in [9.17, 15) is 10.2 Å². The Labute approximate surface area is 434 Å². The SMILES string of the molecule is [Li+].[Li+].[O-]c1c(-c2ccc(-c3c4ccccc4c(-c4ccc(-c5ccc6ccc[nH+]c6c5[O-])cc4)c4cc(-c5ccc(-c6nc7ccccc7n6-c6ccccc6)cc5)ccc34)cc2)ccc2ccc[nH+]c12. The molecule has 13 aromatic rings. The number of nitrogens with one attached hydrogen (secondary N) is 2. The van der Waals surface area contributed by atoms with E-state index in [0.717, 1.165) is 105 Å². The first kappa shape index (κ1) is 45.3. The minimum absolute atomic E-state index is 0. The van der Waals surface area contributed by atoms with Gasteiger partial charge in [-0.1, -0.05) is 152 Å². The van der Waals surface area contributed by atoms with Crippen LogP contribution in [0.3, 0.4) is 0 Å². The topological polar surface area (TPSA) is 92.2 Å². The average Bonchev–Trinajstić information content (AvgIpc) is 3.81. The van der Waals surface area contributed by atoms with Gasteiger partial charge in [-0.2, -0.15) is 0 Å². The number of aromatic amines is 2. The summed E-state index contributed by atoms with van der Waals surface area (Å²) in [6.07, 6.45) is 3.59. The van der Waals surface area contributed by atoms with E-state index in [0.29, 0.717) is 22.2 Å². The van der Waals surface area contributed by atoms with Crippen LogP contribution in [0.4, 0.5) is 0 Å². The second-order valence-electron chi connectivity index (χ2n) is 17.5. The molecule has 0 bridgehead atoms. The maximum atomic E-state index is 13.7. The Morgan fingerprint density at radius 3 is 1.42 bits per heavy atom. The number of nitrogens with zero attached hydrogens (tertiary/aromatic N) is 2. The van der Waals surface area contributed by atoms with Crippen LogP contribution < -0.4 is 57.9 Å². The van der Waals surface area contributed by atoms with E-state index in [1.54, 1.807) is 12.4 Å². The molecule has 0 aliphatic heterocycles. The molecule has 13 rings (SSSR count). The largest absolute Gasteiger partial charge is 1.00 e. The van der Waals surface area contributed by atoms with Gasteiger partial charge in [0.15, 0.2) is 12.4 Å². The van der Waals surface area contributed by atoms with Gasteiger partial charge in [0.05, 0.1) is 11.0 Å². The van der Waals surface area contributed by atoms with Crippen LogP contribution in [0.1, 0.15) is 0 Å². The third kappa shape index (κ3) is 7.76. The molecule has 0 amide bonds. The third-order valence-electron chi connectivity index (χ3n) is 13.6. The fraction of sp³-hybridized carbons (Fsp3) is 0. The fourth-order valence-electron chi connectivity index (χ4n) is 10.3. The molecule has 10 aromatic carbocycles. The molecule has 0 fully saturated rings. The Morgan fingerprint density at radius 2 is 0.831 bits per heavy atom. The number of imidazole rings is 1. The molecular formula is C63H40Li2N4O2+2. The molecule has 3 aromatic heterocycles. The van der Waals surface area contributed by atoms with Crippen LogP contribution in [-0.4, -0.2) is 9.55 Å². The van der Waals surface area contributed by atoms with Crippen LogP contribution in [0.25, 0.3) is 127 Å². The zero-order chi connectivity index (χ0) is 46.0. The normalized spacial score (nSPS) is 11.3. The smallest absolute Gasteiger partial charge is 0.868 e. The molecule has 0 unspecified atom stereocenters. The predicted molar refractivity (Wildman–Crippen MR) is 276 cm³/mol. The Hall–Kier alpha value is -8.20. The molecule has 0 spiro atoms. The molecule has 2 N–H and O–H groups in total. The number of hydrogen-bond donors (Lipinski definition) is 0. The molecule has 324 valence electrons. The van der Waals surface area contributed by atoms with Gasteiger partial charge in [-0.05, 0) is 143 Å². The van der Waals surface area contributed by atoms with Crippen LogP contribution in [0.2, 0.25) is 0 Å². The summed E-state index contributed by atoms with van der Waals surface area (Å²) in [6, 6.07) is 75.2. The molecule has 0 saturated carbocycles. The summed E-state index contributed by atoms with van der Waals surface area (Å²) in [7, 11) is 0. The number of H-pyrrole nitrogens is 2. The monoisotopic (exact) mass is 898 g/mol. The van der Waals surface area contributed by atoms with E-state index in [1.807, 2.05) is 60.7 Å². The van der Waals surface area contributed by atoms with E-state index < -0.39 is 0 Å². The molecule has 6 nitrogen and oxygen atoms in total. The van der Waals surface area contributed by atoms with Crippen molar-refractivity contribution in [3.8, 4) is 84.2 Å². The number of pyridine rings is 2. The quantitative estimate of drug-likeness (QED) is 0.123. The van der Waals surface area contributed by atoms with E-state index in [4.69, 9.17) is 4.98 Å². The second kappa shape index (κ2) is 18.6. The van der Waals surface area contributed by atoms with Crippen molar-refractivity contribution in [1.82, 2.24) is 9.55 Å². The summed E-state index contributed by atoms with van der Waals surface area (Å²) in [5.74, 6) is 0.843. The Kier molecular flexibility index (Phi) is 11.9. The van der Waals surface area contributed by atoms with Gasteiger partial charge in [0.2, 0.25) is 11.0 Å². The van der Waals surface area contributed by atoms with Crippen molar-refractivity contribution in [2.45, 2.75) is 0 Å². The van der Waals surface area contributed by atoms with Crippen LogP contribution >= 0.6 is 0 Å². The molecule has 0 atom stereocenters. The zero-order valence-electron chi connectivity index (χ0n) is 39.2. The number of para-hydroxylation sites is 3. The standard InChI is InChI=1S/C63H40N4O2.2Li/c68-61-49(33-30-44-10-8-36-64-59(44)61)40-20-24-42(25-21-40)57-51-14-4-5-15-52(51)58(43-26-22-41(23-27-43)50-34-31-45-11-9-37-65-60(45)62(50)69)54-38-47(32-35-53(54)57)39-18-28-46(29-19-39)63-66-55-16-6-7-17-56(55)67(63)48-12-2-1-3-13-48;;/h1-38,68-69H;;/q;2*+1. The van der Waals surface area contributed by atoms with Crippen LogP contribution in [0.15, 0.2) is 231 Å². The van der Waals surface area contributed by atoms with Gasteiger partial charge in [-0.15, -0.1) is 0 Å². The van der Waals surface area contributed by atoms with Gasteiger partial charge >= 0.3 is 37.7 Å². The van der Waals surface area contributed by atoms with Crippen molar-refractivity contribution < 1.29 is 57.9 Å². The Morgan fingerprint density at radius 1 is 0.366 bits per heavy atom. The van der Waals surface area contributed by atoms with E-state index in [2.05, 4.69) is 172 Å². The minimum atomic E-state index is -0.0227. The third-order valence-corrected chi connectivity index (χ3v) is 13.6. The minimum Gasteiger partial charge on any atom is -0.868 e. The first-order chi connectivity index (χ1) is 34.1. The average molecular weight is 899 g/mol. The first-order valence-electron chi connectivity index (χ1n) is 23.1. The van der Waals surface area contributed by atoms with Crippen molar-refractivity contribution in [2.75, 3.05) is 0 Å². The van der Waals surface area contributed by atoms with Gasteiger partial charge in [0, 0.05) is 34.2 Å². The zero-order valence-corrected chi connectivity index (χ0v) is 39.2. The van der Waals surface area contributed by atoms with Gasteiger partial charge in [0.25, 0.3) is 0 Å². The molecule has 0 radical (unpaired) electrons. The second-order valence-corrected chi connectivity index (χ2v) is 17.5. The number of benzene rings is 10. The summed E-state index contributed by atoms with van der Waals surface area (Å²) >= 11 is 0. The van der Waals surface area contributed by atoms with Crippen molar-refractivity contribution in [3.63, 3.8) is 0 Å². The first-order valence-corrected chi connectivity index (χ1v) is 23.1. The van der Waals surface area contributed by atoms with Crippen molar-refractivity contribution in [1.29, 1.82) is 0 Å². The van der Waals surface area contributed by atoms with E-state index in [1.165, 1.54) is 0 Å². The molecule has 0 saturated heterocycles. The van der Waals surface area contributed by atoms with Crippen molar-refractivity contribution >= 4 is 54.4 Å². The fourth-order valence-corrected chi connectivity index (χ4v) is 10.3. The van der Waals surface area contributed by atoms with E-state index >= 15 is 0 Å². The summed E-state index contributed by atoms with van der Waals surface area (Å²) < 4.78 is 2.23. The van der Waals surface area contributed by atoms with Gasteiger partial charge in [-0.25, -0.2) is 15.0 Å². The number of hydrogen-bond acceptors (Lipinski definition) is 3.